The third-order valence-electron chi connectivity index (χ3n) is 7.84. The Bertz CT molecular complexity index is 1440. The maximum atomic E-state index is 14.1. The number of ether oxygens (including phenoxy) is 5. The molecule has 2 aromatic rings. The number of thioether (sulfide) groups is 1. The van der Waals surface area contributed by atoms with E-state index in [0.29, 0.717) is 12.6 Å². The lowest BCUT2D eigenvalue weighted by Crippen LogP contribution is -2.60. The van der Waals surface area contributed by atoms with Gasteiger partial charge in [-0.2, -0.15) is 0 Å². The van der Waals surface area contributed by atoms with Gasteiger partial charge in [0.1, 0.15) is 46.8 Å². The summed E-state index contributed by atoms with van der Waals surface area (Å²) in [6, 6.07) is 1.57. The van der Waals surface area contributed by atoms with Crippen LogP contribution in [0.2, 0.25) is 0 Å². The number of rotatable bonds is 11. The molecule has 2 saturated heterocycles. The van der Waals surface area contributed by atoms with Gasteiger partial charge in [-0.05, 0) is 19.1 Å². The number of aliphatic hydroxyl groups is 1. The van der Waals surface area contributed by atoms with Crippen molar-refractivity contribution in [1.82, 2.24) is 19.9 Å². The molecule has 0 spiro atoms. The highest BCUT2D eigenvalue weighted by Gasteiger charge is 2.55. The first-order chi connectivity index (χ1) is 22.2. The van der Waals surface area contributed by atoms with Crippen LogP contribution in [0.15, 0.2) is 24.4 Å². The molecule has 17 heteroatoms. The third kappa shape index (κ3) is 8.82. The Labute approximate surface area is 274 Å². The molecule has 1 amide bonds. The van der Waals surface area contributed by atoms with E-state index >= 15 is 0 Å². The van der Waals surface area contributed by atoms with Gasteiger partial charge >= 0.3 is 17.9 Å². The van der Waals surface area contributed by atoms with Crippen molar-refractivity contribution in [3.63, 3.8) is 0 Å². The molecule has 258 valence electrons. The molecule has 4 rings (SSSR count). The number of amides is 1. The van der Waals surface area contributed by atoms with Crippen LogP contribution in [0.1, 0.15) is 46.6 Å². The number of nitrogens with zero attached hydrogens (tertiary/aromatic N) is 4. The van der Waals surface area contributed by atoms with Crippen molar-refractivity contribution < 1.29 is 56.7 Å². The zero-order chi connectivity index (χ0) is 34.5. The average Bonchev–Trinajstić information content (AvgIpc) is 3.48. The number of halogens is 2. The van der Waals surface area contributed by atoms with Gasteiger partial charge in [-0.25, -0.2) is 13.5 Å². The van der Waals surface area contributed by atoms with Gasteiger partial charge in [0.2, 0.25) is 5.91 Å². The lowest BCUT2D eigenvalue weighted by molar-refractivity contribution is -0.212. The molecule has 3 heterocycles. The van der Waals surface area contributed by atoms with E-state index in [0.717, 1.165) is 37.7 Å². The second-order valence-electron chi connectivity index (χ2n) is 11.3. The minimum Gasteiger partial charge on any atom is -0.463 e. The molecule has 47 heavy (non-hydrogen) atoms. The minimum atomic E-state index is -1.54. The molecule has 2 fully saturated rings. The Kier molecular flexibility index (Phi) is 11.9. The number of carbonyl (C=O) groups excluding carboxylic acids is 4. The Morgan fingerprint density at radius 3 is 2.26 bits per heavy atom. The Hall–Kier alpha value is -3.67. The predicted molar refractivity (Wildman–Crippen MR) is 161 cm³/mol. The van der Waals surface area contributed by atoms with E-state index < -0.39 is 82.7 Å². The predicted octanol–water partition coefficient (Wildman–Crippen LogP) is 2.04. The summed E-state index contributed by atoms with van der Waals surface area (Å²) in [5, 5.41) is 18.8. The SMILES string of the molecule is CCN(C)C(=O)C(S[C@@H]1O[C@H](COC(C)=O)[C@H](OC(C)=O)[C@H](n2cc(-c3cc(F)cc(F)c3)nn2)[C@H]1OC(C)=O)C1(O)CCOCC1. The van der Waals surface area contributed by atoms with Gasteiger partial charge in [0.05, 0.1) is 11.8 Å². The van der Waals surface area contributed by atoms with Crippen molar-refractivity contribution >= 4 is 35.6 Å². The van der Waals surface area contributed by atoms with E-state index in [1.165, 1.54) is 22.7 Å². The summed E-state index contributed by atoms with van der Waals surface area (Å²) >= 11 is 0.899. The molecule has 0 radical (unpaired) electrons. The summed E-state index contributed by atoms with van der Waals surface area (Å²) in [6.45, 7) is 5.54. The van der Waals surface area contributed by atoms with Gasteiger partial charge in [-0.3, -0.25) is 19.2 Å². The number of hydrogen-bond donors (Lipinski definition) is 1. The molecule has 14 nitrogen and oxygen atoms in total. The summed E-state index contributed by atoms with van der Waals surface area (Å²) in [6.07, 6.45) is -2.27. The maximum absolute atomic E-state index is 14.1. The first-order valence-corrected chi connectivity index (χ1v) is 15.9. The fourth-order valence-electron chi connectivity index (χ4n) is 5.44. The first kappa shape index (κ1) is 36.2. The van der Waals surface area contributed by atoms with Crippen LogP contribution in [0, 0.1) is 11.6 Å². The smallest absolute Gasteiger partial charge is 0.303 e. The van der Waals surface area contributed by atoms with Gasteiger partial charge in [-0.15, -0.1) is 16.9 Å². The zero-order valence-corrected chi connectivity index (χ0v) is 27.4. The van der Waals surface area contributed by atoms with Crippen molar-refractivity contribution in [2.24, 2.45) is 0 Å². The van der Waals surface area contributed by atoms with Crippen LogP contribution in [0.3, 0.4) is 0 Å². The second kappa shape index (κ2) is 15.5. The van der Waals surface area contributed by atoms with Crippen molar-refractivity contribution in [3.8, 4) is 11.3 Å². The molecular weight excluding hydrogens is 646 g/mol. The first-order valence-electron chi connectivity index (χ1n) is 14.9. The van der Waals surface area contributed by atoms with Gasteiger partial charge < -0.3 is 33.7 Å². The Morgan fingerprint density at radius 1 is 1.06 bits per heavy atom. The molecule has 0 saturated carbocycles. The fraction of sp³-hybridized carbons (Fsp3) is 0.600. The van der Waals surface area contributed by atoms with Crippen LogP contribution in [-0.2, 0) is 42.9 Å². The monoisotopic (exact) mass is 684 g/mol. The van der Waals surface area contributed by atoms with E-state index in [1.54, 1.807) is 14.0 Å². The maximum Gasteiger partial charge on any atom is 0.303 e. The molecule has 6 atom stereocenters. The lowest BCUT2D eigenvalue weighted by Gasteiger charge is -2.47. The summed E-state index contributed by atoms with van der Waals surface area (Å²) in [5.41, 5.74) is -2.69. The number of carbonyl (C=O) groups is 4. The van der Waals surface area contributed by atoms with Crippen molar-refractivity contribution in [3.05, 3.63) is 36.0 Å². The van der Waals surface area contributed by atoms with Crippen molar-refractivity contribution in [1.29, 1.82) is 0 Å². The van der Waals surface area contributed by atoms with Crippen molar-refractivity contribution in [2.45, 2.75) is 81.2 Å². The average molecular weight is 685 g/mol. The molecule has 0 aliphatic carbocycles. The van der Waals surface area contributed by atoms with Crippen LogP contribution < -0.4 is 0 Å². The van der Waals surface area contributed by atoms with Gasteiger partial charge in [0.25, 0.3) is 0 Å². The molecule has 2 aliphatic heterocycles. The largest absolute Gasteiger partial charge is 0.463 e. The van der Waals surface area contributed by atoms with Crippen LogP contribution >= 0.6 is 11.8 Å². The highest BCUT2D eigenvalue weighted by Crippen LogP contribution is 2.44. The summed E-state index contributed by atoms with van der Waals surface area (Å²) < 4.78 is 57.8. The summed E-state index contributed by atoms with van der Waals surface area (Å²) in [7, 11) is 1.58. The Balaban J connectivity index is 1.85. The molecule has 1 N–H and O–H groups in total. The number of benzene rings is 1. The minimum absolute atomic E-state index is 0.0351. The summed E-state index contributed by atoms with van der Waals surface area (Å²) in [4.78, 5) is 52.0. The zero-order valence-electron chi connectivity index (χ0n) is 26.6. The van der Waals surface area contributed by atoms with E-state index in [9.17, 15) is 33.1 Å². The van der Waals surface area contributed by atoms with E-state index in [4.69, 9.17) is 23.7 Å². The van der Waals surface area contributed by atoms with Gasteiger partial charge in [0.15, 0.2) is 12.2 Å². The quantitative estimate of drug-likeness (QED) is 0.270. The highest BCUT2D eigenvalue weighted by atomic mass is 32.2. The topological polar surface area (TPSA) is 169 Å². The van der Waals surface area contributed by atoms with Crippen molar-refractivity contribution in [2.75, 3.05) is 33.4 Å². The van der Waals surface area contributed by atoms with Crippen LogP contribution in [-0.4, -0.2) is 117 Å². The second-order valence-corrected chi connectivity index (χ2v) is 12.5. The molecule has 1 aromatic heterocycles. The molecule has 1 unspecified atom stereocenters. The Morgan fingerprint density at radius 2 is 1.68 bits per heavy atom. The van der Waals surface area contributed by atoms with Gasteiger partial charge in [-0.1, -0.05) is 5.21 Å². The molecule has 2 aliphatic rings. The fourth-order valence-corrected chi connectivity index (χ4v) is 7.07. The number of aromatic nitrogens is 3. The molecular formula is C30H38F2N4O10S. The number of hydrogen-bond acceptors (Lipinski definition) is 13. The van der Waals surface area contributed by atoms with E-state index in [2.05, 4.69) is 10.3 Å². The standard InChI is InChI=1S/C30H38F2N4O10S/c1-6-35(5)28(40)27(30(41)7-9-42-10-8-30)47-29-26(45-18(4)39)24(25(44-17(3)38)23(46-29)15-43-16(2)37)36-14-22(33-34-36)19-11-20(31)13-21(32)12-19/h11-14,23-27,29,41H,6-10,15H2,1-5H3/t23-,24+,25+,26-,27?,29+/m1/s1. The van der Waals surface area contributed by atoms with E-state index in [1.807, 2.05) is 0 Å². The normalized spacial score (nSPS) is 24.6. The van der Waals surface area contributed by atoms with Gasteiger partial charge in [0, 0.05) is 72.0 Å². The van der Waals surface area contributed by atoms with Crippen LogP contribution in [0.5, 0.6) is 0 Å². The van der Waals surface area contributed by atoms with Crippen LogP contribution in [0.25, 0.3) is 11.3 Å². The highest BCUT2D eigenvalue weighted by molar-refractivity contribution is 8.01. The molecule has 1 aromatic carbocycles. The van der Waals surface area contributed by atoms with Crippen LogP contribution in [0.4, 0.5) is 8.78 Å². The number of esters is 3. The third-order valence-corrected chi connectivity index (χ3v) is 9.40. The summed E-state index contributed by atoms with van der Waals surface area (Å²) in [5.74, 6) is -4.31. The van der Waals surface area contributed by atoms with E-state index in [-0.39, 0.29) is 37.3 Å². The lowest BCUT2D eigenvalue weighted by atomic mass is 9.89. The molecule has 0 bridgehead atoms.